The molecular formula is C13H11F5N2O3. The van der Waals surface area contributed by atoms with Gasteiger partial charge in [-0.3, -0.25) is 4.79 Å². The van der Waals surface area contributed by atoms with E-state index in [0.717, 1.165) is 24.3 Å². The van der Waals surface area contributed by atoms with Gasteiger partial charge in [-0.05, 0) is 31.2 Å². The molecule has 0 unspecified atom stereocenters. The van der Waals surface area contributed by atoms with Crippen molar-refractivity contribution in [3.8, 4) is 5.75 Å². The molecule has 1 aromatic carbocycles. The van der Waals surface area contributed by atoms with Crippen LogP contribution < -0.4 is 4.74 Å². The fourth-order valence-corrected chi connectivity index (χ4v) is 2.06. The molecule has 0 fully saturated rings. The Morgan fingerprint density at radius 3 is 2.39 bits per heavy atom. The minimum Gasteiger partial charge on any atom is -0.435 e. The predicted molar refractivity (Wildman–Crippen MR) is 68.0 cm³/mol. The second-order valence-corrected chi connectivity index (χ2v) is 4.85. The van der Waals surface area contributed by atoms with Crippen LogP contribution >= 0.6 is 0 Å². The van der Waals surface area contributed by atoms with Crippen LogP contribution in [0.25, 0.3) is 0 Å². The van der Waals surface area contributed by atoms with Crippen molar-refractivity contribution in [1.82, 2.24) is 5.01 Å². The Balaban J connectivity index is 2.28. The number of amides is 1. The monoisotopic (exact) mass is 338 g/mol. The molecule has 0 aliphatic carbocycles. The third-order valence-corrected chi connectivity index (χ3v) is 3.10. The van der Waals surface area contributed by atoms with Crippen molar-refractivity contribution >= 4 is 11.6 Å². The second-order valence-electron chi connectivity index (χ2n) is 4.85. The highest BCUT2D eigenvalue weighted by atomic mass is 19.4. The summed E-state index contributed by atoms with van der Waals surface area (Å²) in [4.78, 5) is 12.2. The van der Waals surface area contributed by atoms with E-state index in [-0.39, 0.29) is 22.0 Å². The van der Waals surface area contributed by atoms with Gasteiger partial charge < -0.3 is 9.84 Å². The average molecular weight is 338 g/mol. The lowest BCUT2D eigenvalue weighted by atomic mass is 10.1. The zero-order valence-corrected chi connectivity index (χ0v) is 11.6. The van der Waals surface area contributed by atoms with E-state index in [1.54, 1.807) is 0 Å². The van der Waals surface area contributed by atoms with E-state index in [1.807, 2.05) is 0 Å². The summed E-state index contributed by atoms with van der Waals surface area (Å²) < 4.78 is 67.2. The van der Waals surface area contributed by atoms with E-state index in [4.69, 9.17) is 0 Å². The van der Waals surface area contributed by atoms with Gasteiger partial charge in [-0.15, -0.1) is 0 Å². The summed E-state index contributed by atoms with van der Waals surface area (Å²) in [7, 11) is 0. The van der Waals surface area contributed by atoms with Gasteiger partial charge in [0.2, 0.25) is 0 Å². The molecule has 0 radical (unpaired) electrons. The van der Waals surface area contributed by atoms with Crippen LogP contribution in [0.1, 0.15) is 23.7 Å². The van der Waals surface area contributed by atoms with E-state index in [0.29, 0.717) is 0 Å². The maximum absolute atomic E-state index is 13.0. The third-order valence-electron chi connectivity index (χ3n) is 3.10. The van der Waals surface area contributed by atoms with Crippen LogP contribution in [0, 0.1) is 0 Å². The first kappa shape index (κ1) is 17.1. The van der Waals surface area contributed by atoms with E-state index in [2.05, 4.69) is 9.84 Å². The number of alkyl halides is 5. The smallest absolute Gasteiger partial charge is 0.435 e. The van der Waals surface area contributed by atoms with E-state index >= 15 is 0 Å². The van der Waals surface area contributed by atoms with Crippen LogP contribution in [-0.4, -0.2) is 40.2 Å². The van der Waals surface area contributed by atoms with Gasteiger partial charge in [-0.1, -0.05) is 0 Å². The summed E-state index contributed by atoms with van der Waals surface area (Å²) in [6, 6.07) is 4.00. The van der Waals surface area contributed by atoms with Crippen LogP contribution in [0.2, 0.25) is 0 Å². The fourth-order valence-electron chi connectivity index (χ4n) is 2.06. The molecule has 1 atom stereocenters. The summed E-state index contributed by atoms with van der Waals surface area (Å²) >= 11 is 0. The predicted octanol–water partition coefficient (Wildman–Crippen LogP) is 2.76. The molecule has 0 saturated carbocycles. The molecule has 5 nitrogen and oxygen atoms in total. The summed E-state index contributed by atoms with van der Waals surface area (Å²) in [5, 5.41) is 13.2. The van der Waals surface area contributed by atoms with Gasteiger partial charge in [0.15, 0.2) is 0 Å². The Morgan fingerprint density at radius 2 is 1.91 bits per heavy atom. The Bertz CT molecular complexity index is 629. The zero-order valence-electron chi connectivity index (χ0n) is 11.6. The highest BCUT2D eigenvalue weighted by molar-refractivity contribution is 5.97. The molecule has 1 amide bonds. The number of rotatable bonds is 3. The van der Waals surface area contributed by atoms with Crippen LogP contribution in [0.15, 0.2) is 29.4 Å². The molecule has 10 heteroatoms. The SMILES string of the molecule is CC1=NN(C(=O)c2ccc(OC(F)F)cc2)[C@@](O)(C(F)(F)F)C1. The van der Waals surface area contributed by atoms with Gasteiger partial charge in [0.1, 0.15) is 5.75 Å². The van der Waals surface area contributed by atoms with Crippen molar-refractivity contribution in [2.45, 2.75) is 31.9 Å². The molecule has 0 saturated heterocycles. The Labute approximate surface area is 127 Å². The number of hydrogen-bond acceptors (Lipinski definition) is 4. The van der Waals surface area contributed by atoms with Crippen molar-refractivity contribution in [3.63, 3.8) is 0 Å². The number of hydrazone groups is 1. The van der Waals surface area contributed by atoms with Crippen molar-refractivity contribution in [2.24, 2.45) is 5.10 Å². The largest absolute Gasteiger partial charge is 0.438 e. The second kappa shape index (κ2) is 5.76. The van der Waals surface area contributed by atoms with Gasteiger partial charge in [0, 0.05) is 17.7 Å². The molecule has 1 aliphatic heterocycles. The molecule has 2 rings (SSSR count). The number of carbonyl (C=O) groups excluding carboxylic acids is 1. The fraction of sp³-hybridized carbons (Fsp3) is 0.385. The lowest BCUT2D eigenvalue weighted by Crippen LogP contribution is -2.56. The molecule has 0 spiro atoms. The number of aliphatic hydroxyl groups is 1. The Morgan fingerprint density at radius 1 is 1.35 bits per heavy atom. The molecule has 0 aromatic heterocycles. The van der Waals surface area contributed by atoms with Gasteiger partial charge in [-0.2, -0.15) is 32.1 Å². The first-order valence-corrected chi connectivity index (χ1v) is 6.27. The van der Waals surface area contributed by atoms with Crippen molar-refractivity contribution in [3.05, 3.63) is 29.8 Å². The Hall–Kier alpha value is -2.23. The molecule has 1 heterocycles. The van der Waals surface area contributed by atoms with Gasteiger partial charge >= 0.3 is 12.8 Å². The van der Waals surface area contributed by atoms with Gasteiger partial charge in [0.05, 0.1) is 0 Å². The van der Waals surface area contributed by atoms with E-state index in [9.17, 15) is 31.9 Å². The molecule has 126 valence electrons. The summed E-state index contributed by atoms with van der Waals surface area (Å²) in [5.74, 6) is -1.48. The number of nitrogens with zero attached hydrogens (tertiary/aromatic N) is 2. The summed E-state index contributed by atoms with van der Waals surface area (Å²) in [6.45, 7) is -1.83. The van der Waals surface area contributed by atoms with Crippen molar-refractivity contribution in [1.29, 1.82) is 0 Å². The van der Waals surface area contributed by atoms with Crippen LogP contribution in [0.5, 0.6) is 5.75 Å². The molecule has 1 aliphatic rings. The molecule has 23 heavy (non-hydrogen) atoms. The number of benzene rings is 1. The standard InChI is InChI=1S/C13H11F5N2O3/c1-7-6-12(22,13(16,17)18)20(19-7)10(21)8-2-4-9(5-3-8)23-11(14)15/h2-5,11,22H,6H2,1H3/t12-/m0/s1. The molecular weight excluding hydrogens is 327 g/mol. The van der Waals surface area contributed by atoms with Gasteiger partial charge in [0.25, 0.3) is 11.6 Å². The number of halogens is 5. The topological polar surface area (TPSA) is 62.1 Å². The Kier molecular flexibility index (Phi) is 4.29. The van der Waals surface area contributed by atoms with E-state index in [1.165, 1.54) is 6.92 Å². The maximum atomic E-state index is 13.0. The summed E-state index contributed by atoms with van der Waals surface area (Å²) in [6.07, 6.45) is -5.97. The highest BCUT2D eigenvalue weighted by Gasteiger charge is 2.62. The van der Waals surface area contributed by atoms with Crippen LogP contribution in [-0.2, 0) is 0 Å². The minimum absolute atomic E-state index is 0.0503. The lowest BCUT2D eigenvalue weighted by Gasteiger charge is -2.32. The molecule has 1 aromatic rings. The average Bonchev–Trinajstić information content (AvgIpc) is 2.74. The third kappa shape index (κ3) is 3.26. The van der Waals surface area contributed by atoms with Crippen molar-refractivity contribution in [2.75, 3.05) is 0 Å². The number of ether oxygens (including phenoxy) is 1. The number of hydrogen-bond donors (Lipinski definition) is 1. The van der Waals surface area contributed by atoms with E-state index < -0.39 is 30.8 Å². The van der Waals surface area contributed by atoms with Crippen LogP contribution in [0.4, 0.5) is 22.0 Å². The molecule has 1 N–H and O–H groups in total. The maximum Gasteiger partial charge on any atom is 0.438 e. The van der Waals surface area contributed by atoms with Gasteiger partial charge in [-0.25, -0.2) is 0 Å². The normalized spacial score (nSPS) is 21.6. The zero-order chi connectivity index (χ0) is 17.4. The van der Waals surface area contributed by atoms with Crippen LogP contribution in [0.3, 0.4) is 0 Å². The lowest BCUT2D eigenvalue weighted by molar-refractivity contribution is -0.297. The number of carbonyl (C=O) groups is 1. The molecule has 0 bridgehead atoms. The minimum atomic E-state index is -5.11. The quantitative estimate of drug-likeness (QED) is 0.862. The first-order valence-electron chi connectivity index (χ1n) is 6.27. The first-order chi connectivity index (χ1) is 10.5. The highest BCUT2D eigenvalue weighted by Crippen LogP contribution is 2.40. The van der Waals surface area contributed by atoms with Crippen molar-refractivity contribution < 1.29 is 36.6 Å². The summed E-state index contributed by atoms with van der Waals surface area (Å²) in [5.41, 5.74) is -3.78.